The minimum absolute atomic E-state index is 0.0115. The SMILES string of the molecule is COC(=O)c1cnn2c(C(F)(F)F)cc(-c3ccc4c(c3)OCCO4)nc12. The molecular weight excluding hydrogens is 367 g/mol. The summed E-state index contributed by atoms with van der Waals surface area (Å²) in [6, 6.07) is 5.58. The topological polar surface area (TPSA) is 75.0 Å². The lowest BCUT2D eigenvalue weighted by Crippen LogP contribution is -2.15. The first-order valence-corrected chi connectivity index (χ1v) is 7.83. The van der Waals surface area contributed by atoms with E-state index < -0.39 is 17.8 Å². The molecule has 7 nitrogen and oxygen atoms in total. The molecule has 3 aromatic rings. The van der Waals surface area contributed by atoms with Crippen LogP contribution in [0.3, 0.4) is 0 Å². The van der Waals surface area contributed by atoms with Gasteiger partial charge in [-0.05, 0) is 24.3 Å². The summed E-state index contributed by atoms with van der Waals surface area (Å²) < 4.78 is 56.6. The standard InChI is InChI=1S/C17H12F3N3O4/c1-25-16(24)10-8-21-23-14(17(18,19)20)7-11(22-15(10)23)9-2-3-12-13(6-9)27-5-4-26-12/h2-3,6-8H,4-5H2,1H3. The number of esters is 1. The van der Waals surface area contributed by atoms with Gasteiger partial charge in [-0.3, -0.25) is 0 Å². The Bertz CT molecular complexity index is 1050. The smallest absolute Gasteiger partial charge is 0.433 e. The maximum absolute atomic E-state index is 13.5. The Kier molecular flexibility index (Phi) is 3.90. The number of halogens is 3. The van der Waals surface area contributed by atoms with Crippen LogP contribution in [0.5, 0.6) is 11.5 Å². The number of nitrogens with zero attached hydrogens (tertiary/aromatic N) is 3. The Morgan fingerprint density at radius 3 is 2.63 bits per heavy atom. The van der Waals surface area contributed by atoms with E-state index in [4.69, 9.17) is 9.47 Å². The van der Waals surface area contributed by atoms with Crippen LogP contribution in [0.4, 0.5) is 13.2 Å². The molecule has 2 aromatic heterocycles. The van der Waals surface area contributed by atoms with Crippen LogP contribution in [0.2, 0.25) is 0 Å². The average Bonchev–Trinajstić information content (AvgIpc) is 3.09. The highest BCUT2D eigenvalue weighted by atomic mass is 19.4. The molecule has 0 radical (unpaired) electrons. The van der Waals surface area contributed by atoms with Crippen molar-refractivity contribution in [2.45, 2.75) is 6.18 Å². The summed E-state index contributed by atoms with van der Waals surface area (Å²) in [6.45, 7) is 0.735. The van der Waals surface area contributed by atoms with Crippen LogP contribution in [0.1, 0.15) is 16.1 Å². The molecule has 1 aromatic carbocycles. The molecule has 0 saturated heterocycles. The number of rotatable bonds is 2. The molecule has 4 rings (SSSR count). The van der Waals surface area contributed by atoms with Gasteiger partial charge in [0.15, 0.2) is 22.8 Å². The van der Waals surface area contributed by atoms with Crippen molar-refractivity contribution in [3.05, 3.63) is 41.7 Å². The quantitative estimate of drug-likeness (QED) is 0.638. The molecule has 0 aliphatic carbocycles. The molecule has 10 heteroatoms. The molecule has 0 fully saturated rings. The Morgan fingerprint density at radius 2 is 1.93 bits per heavy atom. The number of hydrogen-bond donors (Lipinski definition) is 0. The molecule has 0 atom stereocenters. The van der Waals surface area contributed by atoms with Crippen molar-refractivity contribution in [1.82, 2.24) is 14.6 Å². The van der Waals surface area contributed by atoms with Gasteiger partial charge in [-0.15, -0.1) is 0 Å². The van der Waals surface area contributed by atoms with E-state index in [1.54, 1.807) is 18.2 Å². The van der Waals surface area contributed by atoms with E-state index in [1.165, 1.54) is 0 Å². The first kappa shape index (κ1) is 17.1. The fraction of sp³-hybridized carbons (Fsp3) is 0.235. The van der Waals surface area contributed by atoms with Crippen LogP contribution >= 0.6 is 0 Å². The Hall–Kier alpha value is -3.30. The summed E-state index contributed by atoms with van der Waals surface area (Å²) in [5.74, 6) is 0.0855. The summed E-state index contributed by atoms with van der Waals surface area (Å²) in [5.41, 5.74) is -1.08. The van der Waals surface area contributed by atoms with Crippen LogP contribution in [-0.4, -0.2) is 40.9 Å². The van der Waals surface area contributed by atoms with Crippen LogP contribution in [-0.2, 0) is 10.9 Å². The van der Waals surface area contributed by atoms with E-state index in [1.807, 2.05) is 0 Å². The van der Waals surface area contributed by atoms with E-state index >= 15 is 0 Å². The van der Waals surface area contributed by atoms with Gasteiger partial charge in [-0.2, -0.15) is 18.3 Å². The van der Waals surface area contributed by atoms with Crippen LogP contribution in [0.25, 0.3) is 16.9 Å². The van der Waals surface area contributed by atoms with Crippen molar-refractivity contribution in [2.24, 2.45) is 0 Å². The molecule has 140 valence electrons. The minimum atomic E-state index is -4.71. The first-order valence-electron chi connectivity index (χ1n) is 7.83. The highest BCUT2D eigenvalue weighted by Crippen LogP contribution is 2.36. The molecule has 1 aliphatic heterocycles. The van der Waals surface area contributed by atoms with Crippen molar-refractivity contribution >= 4 is 11.6 Å². The number of alkyl halides is 3. The zero-order valence-electron chi connectivity index (χ0n) is 13.9. The predicted octanol–water partition coefficient (Wildman–Crippen LogP) is 2.97. The normalized spacial score (nSPS) is 13.6. The Labute approximate surface area is 150 Å². The second-order valence-electron chi connectivity index (χ2n) is 5.67. The highest BCUT2D eigenvalue weighted by molar-refractivity contribution is 5.95. The zero-order valence-corrected chi connectivity index (χ0v) is 13.9. The fourth-order valence-corrected chi connectivity index (χ4v) is 2.77. The van der Waals surface area contributed by atoms with E-state index in [2.05, 4.69) is 14.8 Å². The largest absolute Gasteiger partial charge is 0.486 e. The van der Waals surface area contributed by atoms with Crippen LogP contribution in [0.15, 0.2) is 30.5 Å². The predicted molar refractivity (Wildman–Crippen MR) is 85.8 cm³/mol. The summed E-state index contributed by atoms with van der Waals surface area (Å²) in [6.07, 6.45) is -3.71. The lowest BCUT2D eigenvalue weighted by atomic mass is 10.1. The molecule has 0 amide bonds. The van der Waals surface area contributed by atoms with Gasteiger partial charge >= 0.3 is 12.1 Å². The number of benzene rings is 1. The molecule has 0 saturated carbocycles. The molecule has 1 aliphatic rings. The average molecular weight is 379 g/mol. The number of hydrogen-bond acceptors (Lipinski definition) is 6. The summed E-state index contributed by atoms with van der Waals surface area (Å²) in [5, 5.41) is 3.65. The number of methoxy groups -OCH3 is 1. The van der Waals surface area contributed by atoms with E-state index in [0.717, 1.165) is 19.4 Å². The Balaban J connectivity index is 1.94. The van der Waals surface area contributed by atoms with Gasteiger partial charge < -0.3 is 14.2 Å². The van der Waals surface area contributed by atoms with E-state index in [9.17, 15) is 18.0 Å². The van der Waals surface area contributed by atoms with Crippen LogP contribution < -0.4 is 9.47 Å². The monoisotopic (exact) mass is 379 g/mol. The first-order chi connectivity index (χ1) is 12.9. The van der Waals surface area contributed by atoms with E-state index in [0.29, 0.717) is 34.8 Å². The summed E-state index contributed by atoms with van der Waals surface area (Å²) in [7, 11) is 1.13. The van der Waals surface area contributed by atoms with Gasteiger partial charge in [0, 0.05) is 5.56 Å². The summed E-state index contributed by atoms with van der Waals surface area (Å²) >= 11 is 0. The lowest BCUT2D eigenvalue weighted by molar-refractivity contribution is -0.142. The number of carbonyl (C=O) groups excluding carboxylic acids is 1. The second-order valence-corrected chi connectivity index (χ2v) is 5.67. The highest BCUT2D eigenvalue weighted by Gasteiger charge is 2.36. The fourth-order valence-electron chi connectivity index (χ4n) is 2.77. The third kappa shape index (κ3) is 2.92. The molecule has 0 bridgehead atoms. The van der Waals surface area contributed by atoms with Gasteiger partial charge in [0.05, 0.1) is 19.0 Å². The number of aromatic nitrogens is 3. The lowest BCUT2D eigenvalue weighted by Gasteiger charge is -2.19. The van der Waals surface area contributed by atoms with Crippen LogP contribution in [0, 0.1) is 0 Å². The zero-order chi connectivity index (χ0) is 19.2. The maximum atomic E-state index is 13.5. The van der Waals surface area contributed by atoms with Gasteiger partial charge in [0.1, 0.15) is 18.8 Å². The van der Waals surface area contributed by atoms with Gasteiger partial charge in [-0.25, -0.2) is 14.3 Å². The number of ether oxygens (including phenoxy) is 3. The van der Waals surface area contributed by atoms with Crippen molar-refractivity contribution in [2.75, 3.05) is 20.3 Å². The molecular formula is C17H12F3N3O4. The molecule has 0 unspecified atom stereocenters. The van der Waals surface area contributed by atoms with Gasteiger partial charge in [0.25, 0.3) is 0 Å². The molecule has 3 heterocycles. The minimum Gasteiger partial charge on any atom is -0.486 e. The third-order valence-electron chi connectivity index (χ3n) is 4.01. The number of fused-ring (bicyclic) bond motifs is 2. The van der Waals surface area contributed by atoms with Crippen molar-refractivity contribution in [3.63, 3.8) is 0 Å². The molecule has 27 heavy (non-hydrogen) atoms. The molecule has 0 N–H and O–H groups in total. The molecule has 0 spiro atoms. The Morgan fingerprint density at radius 1 is 1.19 bits per heavy atom. The van der Waals surface area contributed by atoms with E-state index in [-0.39, 0.29) is 16.9 Å². The van der Waals surface area contributed by atoms with Gasteiger partial charge in [0.2, 0.25) is 0 Å². The van der Waals surface area contributed by atoms with Crippen molar-refractivity contribution < 1.29 is 32.2 Å². The third-order valence-corrected chi connectivity index (χ3v) is 4.01. The van der Waals surface area contributed by atoms with Gasteiger partial charge in [-0.1, -0.05) is 0 Å². The van der Waals surface area contributed by atoms with Crippen molar-refractivity contribution in [3.8, 4) is 22.8 Å². The van der Waals surface area contributed by atoms with Crippen molar-refractivity contribution in [1.29, 1.82) is 0 Å². The maximum Gasteiger partial charge on any atom is 0.433 e. The number of carbonyl (C=O) groups is 1. The second kappa shape index (κ2) is 6.15. The summed E-state index contributed by atoms with van der Waals surface area (Å²) in [4.78, 5) is 16.1.